The molecule has 1 aliphatic carbocycles. The van der Waals surface area contributed by atoms with Gasteiger partial charge in [0.05, 0.1) is 0 Å². The number of hydrogen-bond acceptors (Lipinski definition) is 2. The van der Waals surface area contributed by atoms with Gasteiger partial charge in [0, 0.05) is 18.5 Å². The Morgan fingerprint density at radius 1 is 1.21 bits per heavy atom. The highest BCUT2D eigenvalue weighted by atomic mass is 16.2. The van der Waals surface area contributed by atoms with E-state index < -0.39 is 0 Å². The lowest BCUT2D eigenvalue weighted by atomic mass is 9.65. The van der Waals surface area contributed by atoms with Gasteiger partial charge in [-0.25, -0.2) is 0 Å². The molecular formula is C16H28N2O. The predicted molar refractivity (Wildman–Crippen MR) is 76.9 cm³/mol. The topological polar surface area (TPSA) is 32.3 Å². The molecule has 1 amide bonds. The van der Waals surface area contributed by atoms with Gasteiger partial charge >= 0.3 is 0 Å². The standard InChI is InChI=1S/C16H28N2O/c1-2-6-16(7-3-8-16)15(19)18-9-4-13-11-17-12-14(13)5-10-18/h13-14,17H,2-12H2,1H3/t13-,14+. The maximum Gasteiger partial charge on any atom is 0.228 e. The third-order valence-corrected chi connectivity index (χ3v) is 5.80. The minimum absolute atomic E-state index is 0.0481. The molecule has 0 aromatic heterocycles. The summed E-state index contributed by atoms with van der Waals surface area (Å²) in [6.07, 6.45) is 8.23. The van der Waals surface area contributed by atoms with Crippen LogP contribution in [0.4, 0.5) is 0 Å². The zero-order valence-electron chi connectivity index (χ0n) is 12.3. The molecule has 2 aliphatic heterocycles. The van der Waals surface area contributed by atoms with E-state index in [0.717, 1.165) is 50.6 Å². The van der Waals surface area contributed by atoms with Crippen LogP contribution in [0.3, 0.4) is 0 Å². The Hall–Kier alpha value is -0.570. The number of nitrogens with one attached hydrogen (secondary N) is 1. The summed E-state index contributed by atoms with van der Waals surface area (Å²) in [5.74, 6) is 2.14. The molecule has 0 radical (unpaired) electrons. The summed E-state index contributed by atoms with van der Waals surface area (Å²) in [6, 6.07) is 0. The first kappa shape index (κ1) is 13.4. The molecule has 108 valence electrons. The number of amides is 1. The molecule has 3 rings (SSSR count). The molecule has 3 fully saturated rings. The number of nitrogens with zero attached hydrogens (tertiary/aromatic N) is 1. The van der Waals surface area contributed by atoms with E-state index in [1.165, 1.54) is 32.4 Å². The second-order valence-corrected chi connectivity index (χ2v) is 6.93. The third kappa shape index (κ3) is 2.42. The summed E-state index contributed by atoms with van der Waals surface area (Å²) in [5.41, 5.74) is 0.0481. The molecule has 3 aliphatic rings. The monoisotopic (exact) mass is 264 g/mol. The van der Waals surface area contributed by atoms with E-state index in [1.54, 1.807) is 0 Å². The van der Waals surface area contributed by atoms with Gasteiger partial charge in [0.2, 0.25) is 5.91 Å². The second-order valence-electron chi connectivity index (χ2n) is 6.93. The van der Waals surface area contributed by atoms with Crippen molar-refractivity contribution in [1.29, 1.82) is 0 Å². The van der Waals surface area contributed by atoms with Gasteiger partial charge in [0.1, 0.15) is 0 Å². The van der Waals surface area contributed by atoms with Crippen molar-refractivity contribution in [3.63, 3.8) is 0 Å². The summed E-state index contributed by atoms with van der Waals surface area (Å²) in [6.45, 7) is 6.58. The van der Waals surface area contributed by atoms with Gasteiger partial charge in [-0.05, 0) is 57.0 Å². The van der Waals surface area contributed by atoms with Crippen molar-refractivity contribution in [1.82, 2.24) is 10.2 Å². The molecule has 19 heavy (non-hydrogen) atoms. The number of fused-ring (bicyclic) bond motifs is 1. The fourth-order valence-corrected chi connectivity index (χ4v) is 4.41. The Bertz CT molecular complexity index is 324. The highest BCUT2D eigenvalue weighted by Gasteiger charge is 2.46. The van der Waals surface area contributed by atoms with Gasteiger partial charge in [-0.15, -0.1) is 0 Å². The van der Waals surface area contributed by atoms with E-state index in [0.29, 0.717) is 5.91 Å². The van der Waals surface area contributed by atoms with Crippen molar-refractivity contribution in [2.24, 2.45) is 17.3 Å². The molecular weight excluding hydrogens is 236 g/mol. The van der Waals surface area contributed by atoms with E-state index in [1.807, 2.05) is 0 Å². The first-order valence-corrected chi connectivity index (χ1v) is 8.25. The number of carbonyl (C=O) groups is 1. The summed E-state index contributed by atoms with van der Waals surface area (Å²) in [7, 11) is 0. The molecule has 2 heterocycles. The molecule has 3 nitrogen and oxygen atoms in total. The SMILES string of the molecule is CCCC1(C(=O)N2CC[C@@H]3CNC[C@@H]3CC2)CCC1. The minimum Gasteiger partial charge on any atom is -0.342 e. The lowest BCUT2D eigenvalue weighted by Gasteiger charge is -2.43. The Kier molecular flexibility index (Phi) is 3.84. The van der Waals surface area contributed by atoms with Gasteiger partial charge in [0.15, 0.2) is 0 Å². The quantitative estimate of drug-likeness (QED) is 0.849. The third-order valence-electron chi connectivity index (χ3n) is 5.80. The Morgan fingerprint density at radius 2 is 1.84 bits per heavy atom. The van der Waals surface area contributed by atoms with Crippen LogP contribution in [0.1, 0.15) is 51.9 Å². The van der Waals surface area contributed by atoms with Gasteiger partial charge in [-0.3, -0.25) is 4.79 Å². The van der Waals surface area contributed by atoms with Crippen LogP contribution in [0.5, 0.6) is 0 Å². The second kappa shape index (κ2) is 5.43. The van der Waals surface area contributed by atoms with Gasteiger partial charge in [-0.2, -0.15) is 0 Å². The van der Waals surface area contributed by atoms with Crippen LogP contribution in [-0.4, -0.2) is 37.0 Å². The Labute approximate surface area is 117 Å². The molecule has 2 atom stereocenters. The van der Waals surface area contributed by atoms with E-state index in [-0.39, 0.29) is 5.41 Å². The highest BCUT2D eigenvalue weighted by Crippen LogP contribution is 2.46. The summed E-state index contributed by atoms with van der Waals surface area (Å²) >= 11 is 0. The van der Waals surface area contributed by atoms with Crippen molar-refractivity contribution in [2.45, 2.75) is 51.9 Å². The number of likely N-dealkylation sites (tertiary alicyclic amines) is 1. The van der Waals surface area contributed by atoms with E-state index in [2.05, 4.69) is 17.1 Å². The smallest absolute Gasteiger partial charge is 0.228 e. The largest absolute Gasteiger partial charge is 0.342 e. The molecule has 0 spiro atoms. The maximum atomic E-state index is 12.9. The van der Waals surface area contributed by atoms with Gasteiger partial charge in [-0.1, -0.05) is 19.8 Å². The van der Waals surface area contributed by atoms with Crippen molar-refractivity contribution in [2.75, 3.05) is 26.2 Å². The highest BCUT2D eigenvalue weighted by molar-refractivity contribution is 5.83. The van der Waals surface area contributed by atoms with Crippen LogP contribution >= 0.6 is 0 Å². The first-order chi connectivity index (χ1) is 9.25. The zero-order valence-corrected chi connectivity index (χ0v) is 12.3. The average Bonchev–Trinajstić information content (AvgIpc) is 2.72. The fraction of sp³-hybridized carbons (Fsp3) is 0.938. The van der Waals surface area contributed by atoms with Crippen LogP contribution in [0.15, 0.2) is 0 Å². The maximum absolute atomic E-state index is 12.9. The summed E-state index contributed by atoms with van der Waals surface area (Å²) in [4.78, 5) is 15.1. The summed E-state index contributed by atoms with van der Waals surface area (Å²) < 4.78 is 0. The number of rotatable bonds is 3. The molecule has 0 aromatic rings. The van der Waals surface area contributed by atoms with Gasteiger partial charge < -0.3 is 10.2 Å². The van der Waals surface area contributed by atoms with Crippen molar-refractivity contribution >= 4 is 5.91 Å². The van der Waals surface area contributed by atoms with Crippen molar-refractivity contribution in [3.05, 3.63) is 0 Å². The molecule has 0 bridgehead atoms. The van der Waals surface area contributed by atoms with Crippen LogP contribution in [0.25, 0.3) is 0 Å². The van der Waals surface area contributed by atoms with Gasteiger partial charge in [0.25, 0.3) is 0 Å². The molecule has 1 saturated carbocycles. The van der Waals surface area contributed by atoms with Crippen LogP contribution in [0.2, 0.25) is 0 Å². The van der Waals surface area contributed by atoms with E-state index in [4.69, 9.17) is 0 Å². The normalized spacial score (nSPS) is 33.4. The molecule has 2 saturated heterocycles. The molecule has 0 unspecified atom stereocenters. The Morgan fingerprint density at radius 3 is 2.32 bits per heavy atom. The van der Waals surface area contributed by atoms with Crippen LogP contribution < -0.4 is 5.32 Å². The minimum atomic E-state index is 0.0481. The summed E-state index contributed by atoms with van der Waals surface area (Å²) in [5, 5.41) is 3.51. The van der Waals surface area contributed by atoms with Crippen molar-refractivity contribution < 1.29 is 4.79 Å². The number of hydrogen-bond donors (Lipinski definition) is 1. The zero-order chi connectivity index (χ0) is 13.3. The first-order valence-electron chi connectivity index (χ1n) is 8.25. The average molecular weight is 264 g/mol. The molecule has 0 aromatic carbocycles. The van der Waals surface area contributed by atoms with E-state index >= 15 is 0 Å². The molecule has 1 N–H and O–H groups in total. The Balaban J connectivity index is 1.63. The van der Waals surface area contributed by atoms with E-state index in [9.17, 15) is 4.79 Å². The lowest BCUT2D eigenvalue weighted by molar-refractivity contribution is -0.148. The fourth-order valence-electron chi connectivity index (χ4n) is 4.41. The van der Waals surface area contributed by atoms with Crippen molar-refractivity contribution in [3.8, 4) is 0 Å². The van der Waals surface area contributed by atoms with Crippen LogP contribution in [-0.2, 0) is 4.79 Å². The number of carbonyl (C=O) groups excluding carboxylic acids is 1. The van der Waals surface area contributed by atoms with Crippen LogP contribution in [0, 0.1) is 17.3 Å². The molecule has 3 heteroatoms. The lowest BCUT2D eigenvalue weighted by Crippen LogP contribution is -2.48. The predicted octanol–water partition coefficient (Wildman–Crippen LogP) is 2.41.